The normalized spacial score (nSPS) is 13.7. The van der Waals surface area contributed by atoms with Gasteiger partial charge in [-0.15, -0.1) is 11.3 Å². The summed E-state index contributed by atoms with van der Waals surface area (Å²) in [5.74, 6) is -0.175. The summed E-state index contributed by atoms with van der Waals surface area (Å²) >= 11 is 1.68. The molecule has 0 aliphatic heterocycles. The number of benzene rings is 1. The fourth-order valence-corrected chi connectivity index (χ4v) is 5.42. The van der Waals surface area contributed by atoms with Crippen molar-refractivity contribution in [2.75, 3.05) is 13.1 Å². The van der Waals surface area contributed by atoms with E-state index in [1.807, 2.05) is 0 Å². The Kier molecular flexibility index (Phi) is 6.01. The highest BCUT2D eigenvalue weighted by Gasteiger charge is 2.22. The number of carboxylic acids is 1. The second-order valence-electron chi connectivity index (χ2n) is 7.77. The van der Waals surface area contributed by atoms with Crippen molar-refractivity contribution in [1.29, 1.82) is 0 Å². The molecule has 0 radical (unpaired) electrons. The average Bonchev–Trinajstić information content (AvgIpc) is 3.13. The zero-order valence-electron chi connectivity index (χ0n) is 17.5. The molecule has 0 unspecified atom stereocenters. The summed E-state index contributed by atoms with van der Waals surface area (Å²) < 4.78 is 1.79. The molecule has 4 rings (SSSR count). The Morgan fingerprint density at radius 2 is 1.87 bits per heavy atom. The van der Waals surface area contributed by atoms with Crippen LogP contribution in [0.5, 0.6) is 0 Å². The van der Waals surface area contributed by atoms with Crippen molar-refractivity contribution >= 4 is 27.5 Å². The molecule has 2 aromatic heterocycles. The summed E-state index contributed by atoms with van der Waals surface area (Å²) in [4.78, 5) is 34.2. The highest BCUT2D eigenvalue weighted by Crippen LogP contribution is 2.34. The number of aryl methyl sites for hydroxylation is 2. The molecule has 158 valence electrons. The lowest BCUT2D eigenvalue weighted by Gasteiger charge is -2.20. The monoisotopic (exact) mass is 425 g/mol. The molecule has 1 aromatic carbocycles. The second-order valence-corrected chi connectivity index (χ2v) is 8.86. The van der Waals surface area contributed by atoms with Crippen LogP contribution >= 0.6 is 11.3 Å². The van der Waals surface area contributed by atoms with Crippen molar-refractivity contribution in [2.24, 2.45) is 0 Å². The lowest BCUT2D eigenvalue weighted by molar-refractivity contribution is 0.0697. The zero-order valence-corrected chi connectivity index (χ0v) is 18.3. The Balaban J connectivity index is 1.82. The van der Waals surface area contributed by atoms with Gasteiger partial charge in [0, 0.05) is 4.88 Å². The number of aromatic nitrogens is 2. The predicted octanol–water partition coefficient (Wildman–Crippen LogP) is 3.93. The van der Waals surface area contributed by atoms with Gasteiger partial charge in [0.15, 0.2) is 0 Å². The average molecular weight is 426 g/mol. The van der Waals surface area contributed by atoms with Crippen LogP contribution in [0.15, 0.2) is 29.1 Å². The fraction of sp³-hybridized carbons (Fsp3) is 0.435. The molecular formula is C23H27N3O3S. The first-order chi connectivity index (χ1) is 14.5. The molecule has 6 nitrogen and oxygen atoms in total. The number of fused-ring (bicyclic) bond motifs is 3. The van der Waals surface area contributed by atoms with Crippen molar-refractivity contribution in [2.45, 2.75) is 52.6 Å². The second kappa shape index (κ2) is 8.70. The van der Waals surface area contributed by atoms with Crippen LogP contribution in [-0.2, 0) is 25.9 Å². The Bertz CT molecular complexity index is 1130. The largest absolute Gasteiger partial charge is 0.478 e. The minimum atomic E-state index is -0.950. The number of rotatable bonds is 7. The summed E-state index contributed by atoms with van der Waals surface area (Å²) in [6, 6.07) is 6.74. The number of carboxylic acid groups (broad SMARTS) is 1. The molecule has 0 spiro atoms. The van der Waals surface area contributed by atoms with E-state index in [0.29, 0.717) is 13.1 Å². The van der Waals surface area contributed by atoms with E-state index in [-0.39, 0.29) is 11.1 Å². The van der Waals surface area contributed by atoms with E-state index in [0.717, 1.165) is 54.0 Å². The van der Waals surface area contributed by atoms with Gasteiger partial charge in [-0.3, -0.25) is 14.3 Å². The van der Waals surface area contributed by atoms with E-state index in [1.165, 1.54) is 16.9 Å². The van der Waals surface area contributed by atoms with Gasteiger partial charge >= 0.3 is 5.97 Å². The standard InChI is InChI=1S/C23H27N3O3S/c1-3-25(4-2)14-19-24-21-20(17-7-5-6-8-18(17)30-21)22(27)26(19)13-15-9-11-16(12-10-15)23(28)29/h9-12H,3-8,13-14H2,1-2H3,(H,28,29). The van der Waals surface area contributed by atoms with Crippen LogP contribution in [0.25, 0.3) is 10.2 Å². The maximum absolute atomic E-state index is 13.6. The quantitative estimate of drug-likeness (QED) is 0.621. The van der Waals surface area contributed by atoms with Crippen LogP contribution in [0.3, 0.4) is 0 Å². The molecular weight excluding hydrogens is 398 g/mol. The predicted molar refractivity (Wildman–Crippen MR) is 120 cm³/mol. The summed E-state index contributed by atoms with van der Waals surface area (Å²) in [5.41, 5.74) is 2.37. The first kappa shape index (κ1) is 20.8. The minimum absolute atomic E-state index is 0.0314. The van der Waals surface area contributed by atoms with E-state index in [2.05, 4.69) is 18.7 Å². The SMILES string of the molecule is CCN(CC)Cc1nc2sc3c(c2c(=O)n1Cc1ccc(C(=O)O)cc1)CCCC3. The number of thiophene rings is 1. The molecule has 1 N–H and O–H groups in total. The van der Waals surface area contributed by atoms with Gasteiger partial charge in [-0.05, 0) is 62.0 Å². The van der Waals surface area contributed by atoms with Crippen molar-refractivity contribution in [3.63, 3.8) is 0 Å². The van der Waals surface area contributed by atoms with Gasteiger partial charge in [0.05, 0.1) is 24.0 Å². The maximum atomic E-state index is 13.6. The summed E-state index contributed by atoms with van der Waals surface area (Å²) in [7, 11) is 0. The Labute approximate surface area is 179 Å². The minimum Gasteiger partial charge on any atom is -0.478 e. The molecule has 0 amide bonds. The lowest BCUT2D eigenvalue weighted by atomic mass is 9.97. The highest BCUT2D eigenvalue weighted by molar-refractivity contribution is 7.18. The number of aromatic carboxylic acids is 1. The number of hydrogen-bond donors (Lipinski definition) is 1. The smallest absolute Gasteiger partial charge is 0.335 e. The molecule has 0 fully saturated rings. The molecule has 3 aromatic rings. The third-order valence-electron chi connectivity index (χ3n) is 5.95. The molecule has 30 heavy (non-hydrogen) atoms. The lowest BCUT2D eigenvalue weighted by Crippen LogP contribution is -2.31. The van der Waals surface area contributed by atoms with Gasteiger partial charge in [0.25, 0.3) is 5.56 Å². The zero-order chi connectivity index (χ0) is 21.3. The summed E-state index contributed by atoms with van der Waals surface area (Å²) in [6.07, 6.45) is 4.29. The maximum Gasteiger partial charge on any atom is 0.335 e. The molecule has 1 aliphatic carbocycles. The third kappa shape index (κ3) is 3.91. The van der Waals surface area contributed by atoms with E-state index in [1.54, 1.807) is 40.2 Å². The van der Waals surface area contributed by atoms with Gasteiger partial charge in [-0.25, -0.2) is 9.78 Å². The number of carbonyl (C=O) groups is 1. The molecule has 0 atom stereocenters. The van der Waals surface area contributed by atoms with Gasteiger partial charge in [0.1, 0.15) is 10.7 Å². The van der Waals surface area contributed by atoms with Crippen LogP contribution in [0.2, 0.25) is 0 Å². The van der Waals surface area contributed by atoms with E-state index < -0.39 is 5.97 Å². The molecule has 7 heteroatoms. The Hall–Kier alpha value is -2.51. The fourth-order valence-electron chi connectivity index (χ4n) is 4.15. The Morgan fingerprint density at radius 1 is 1.17 bits per heavy atom. The van der Waals surface area contributed by atoms with E-state index in [9.17, 15) is 9.59 Å². The first-order valence-electron chi connectivity index (χ1n) is 10.6. The van der Waals surface area contributed by atoms with Crippen LogP contribution in [0.4, 0.5) is 0 Å². The van der Waals surface area contributed by atoms with Gasteiger partial charge in [0.2, 0.25) is 0 Å². The van der Waals surface area contributed by atoms with Crippen molar-refractivity contribution in [1.82, 2.24) is 14.5 Å². The molecule has 2 heterocycles. The summed E-state index contributed by atoms with van der Waals surface area (Å²) in [6.45, 7) is 7.01. The molecule has 0 bridgehead atoms. The molecule has 0 saturated heterocycles. The van der Waals surface area contributed by atoms with Crippen LogP contribution in [0, 0.1) is 0 Å². The summed E-state index contributed by atoms with van der Waals surface area (Å²) in [5, 5.41) is 9.94. The number of nitrogens with zero attached hydrogens (tertiary/aromatic N) is 3. The van der Waals surface area contributed by atoms with Gasteiger partial charge < -0.3 is 5.11 Å². The van der Waals surface area contributed by atoms with Gasteiger partial charge in [-0.2, -0.15) is 0 Å². The van der Waals surface area contributed by atoms with Crippen LogP contribution in [0.1, 0.15) is 58.9 Å². The van der Waals surface area contributed by atoms with Crippen LogP contribution < -0.4 is 5.56 Å². The van der Waals surface area contributed by atoms with Crippen LogP contribution in [-0.4, -0.2) is 38.6 Å². The van der Waals surface area contributed by atoms with E-state index in [4.69, 9.17) is 10.1 Å². The molecule has 1 aliphatic rings. The van der Waals surface area contributed by atoms with Gasteiger partial charge in [-0.1, -0.05) is 26.0 Å². The Morgan fingerprint density at radius 3 is 2.53 bits per heavy atom. The van der Waals surface area contributed by atoms with Crippen molar-refractivity contribution < 1.29 is 9.90 Å². The third-order valence-corrected chi connectivity index (χ3v) is 7.14. The first-order valence-corrected chi connectivity index (χ1v) is 11.4. The van der Waals surface area contributed by atoms with E-state index >= 15 is 0 Å². The van der Waals surface area contributed by atoms with Crippen molar-refractivity contribution in [3.8, 4) is 0 Å². The highest BCUT2D eigenvalue weighted by atomic mass is 32.1. The topological polar surface area (TPSA) is 75.4 Å². The number of hydrogen-bond acceptors (Lipinski definition) is 5. The van der Waals surface area contributed by atoms with Crippen molar-refractivity contribution in [3.05, 3.63) is 62.0 Å². The molecule has 0 saturated carbocycles.